The van der Waals surface area contributed by atoms with Crippen molar-refractivity contribution in [3.05, 3.63) is 35.9 Å². The molecule has 1 aliphatic heterocycles. The zero-order chi connectivity index (χ0) is 12.3. The lowest BCUT2D eigenvalue weighted by Crippen LogP contribution is -2.40. The van der Waals surface area contributed by atoms with Crippen molar-refractivity contribution in [2.45, 2.75) is 31.5 Å². The molecule has 0 bridgehead atoms. The second kappa shape index (κ2) is 5.63. The van der Waals surface area contributed by atoms with Gasteiger partial charge in [-0.05, 0) is 26.0 Å². The van der Waals surface area contributed by atoms with E-state index in [1.807, 2.05) is 18.2 Å². The first-order valence-corrected chi connectivity index (χ1v) is 6.31. The number of nitrogens with zero attached hydrogens (tertiary/aromatic N) is 1. The van der Waals surface area contributed by atoms with E-state index in [9.17, 15) is 0 Å². The molecule has 0 radical (unpaired) electrons. The molecule has 0 saturated carbocycles. The summed E-state index contributed by atoms with van der Waals surface area (Å²) in [5.41, 5.74) is 7.43. The van der Waals surface area contributed by atoms with Crippen molar-refractivity contribution in [3.8, 4) is 0 Å². The fourth-order valence-electron chi connectivity index (χ4n) is 2.55. The van der Waals surface area contributed by atoms with Crippen LogP contribution in [0.1, 0.15) is 24.9 Å². The van der Waals surface area contributed by atoms with Crippen molar-refractivity contribution >= 4 is 0 Å². The summed E-state index contributed by atoms with van der Waals surface area (Å²) in [5, 5.41) is 0. The second-order valence-electron chi connectivity index (χ2n) is 4.89. The predicted octanol–water partition coefficient (Wildman–Crippen LogP) is 1.80. The molecule has 0 amide bonds. The fourth-order valence-corrected chi connectivity index (χ4v) is 2.55. The summed E-state index contributed by atoms with van der Waals surface area (Å²) in [6.45, 7) is 3.89. The summed E-state index contributed by atoms with van der Waals surface area (Å²) < 4.78 is 5.59. The first kappa shape index (κ1) is 12.6. The minimum atomic E-state index is 0.0778. The summed E-state index contributed by atoms with van der Waals surface area (Å²) in [4.78, 5) is 2.33. The SMILES string of the molecule is CC1OCCC1N(C)CC(N)c1ccccc1. The van der Waals surface area contributed by atoms with Gasteiger partial charge in [-0.3, -0.25) is 4.90 Å². The largest absolute Gasteiger partial charge is 0.377 e. The molecule has 2 rings (SSSR count). The Bertz CT molecular complexity index is 341. The van der Waals surface area contributed by atoms with Gasteiger partial charge in [0.2, 0.25) is 0 Å². The summed E-state index contributed by atoms with van der Waals surface area (Å²) in [5.74, 6) is 0. The van der Waals surface area contributed by atoms with Gasteiger partial charge >= 0.3 is 0 Å². The lowest BCUT2D eigenvalue weighted by atomic mass is 10.1. The highest BCUT2D eigenvalue weighted by molar-refractivity contribution is 5.18. The molecule has 3 atom stereocenters. The van der Waals surface area contributed by atoms with Gasteiger partial charge in [0.15, 0.2) is 0 Å². The molecule has 3 unspecified atom stereocenters. The van der Waals surface area contributed by atoms with E-state index in [1.165, 1.54) is 5.56 Å². The Morgan fingerprint density at radius 2 is 2.12 bits per heavy atom. The van der Waals surface area contributed by atoms with Crippen molar-refractivity contribution in [3.63, 3.8) is 0 Å². The van der Waals surface area contributed by atoms with Crippen molar-refractivity contribution in [2.24, 2.45) is 5.73 Å². The maximum absolute atomic E-state index is 6.23. The summed E-state index contributed by atoms with van der Waals surface area (Å²) in [7, 11) is 2.14. The first-order chi connectivity index (χ1) is 8.18. The Morgan fingerprint density at radius 3 is 2.71 bits per heavy atom. The van der Waals surface area contributed by atoms with Crippen molar-refractivity contribution in [1.82, 2.24) is 4.90 Å². The lowest BCUT2D eigenvalue weighted by molar-refractivity contribution is 0.0818. The number of ether oxygens (including phenoxy) is 1. The third kappa shape index (κ3) is 3.06. The van der Waals surface area contributed by atoms with Gasteiger partial charge in [-0.1, -0.05) is 30.3 Å². The Hall–Kier alpha value is -0.900. The van der Waals surface area contributed by atoms with Gasteiger partial charge in [0.1, 0.15) is 0 Å². The minimum absolute atomic E-state index is 0.0778. The molecule has 1 aromatic carbocycles. The molecule has 0 aromatic heterocycles. The Labute approximate surface area is 104 Å². The fraction of sp³-hybridized carbons (Fsp3) is 0.571. The van der Waals surface area contributed by atoms with E-state index in [0.29, 0.717) is 12.1 Å². The number of hydrogen-bond acceptors (Lipinski definition) is 3. The average molecular weight is 234 g/mol. The van der Waals surface area contributed by atoms with Crippen LogP contribution in [0.15, 0.2) is 30.3 Å². The van der Waals surface area contributed by atoms with Crippen LogP contribution in [0, 0.1) is 0 Å². The monoisotopic (exact) mass is 234 g/mol. The maximum Gasteiger partial charge on any atom is 0.0702 e. The summed E-state index contributed by atoms with van der Waals surface area (Å²) in [6, 6.07) is 10.9. The van der Waals surface area contributed by atoms with Gasteiger partial charge in [-0.2, -0.15) is 0 Å². The van der Waals surface area contributed by atoms with Gasteiger partial charge in [0.05, 0.1) is 6.10 Å². The van der Waals surface area contributed by atoms with Crippen LogP contribution in [-0.2, 0) is 4.74 Å². The van der Waals surface area contributed by atoms with Gasteiger partial charge in [-0.25, -0.2) is 0 Å². The minimum Gasteiger partial charge on any atom is -0.377 e. The number of rotatable bonds is 4. The highest BCUT2D eigenvalue weighted by Crippen LogP contribution is 2.20. The van der Waals surface area contributed by atoms with Crippen LogP contribution in [0.5, 0.6) is 0 Å². The van der Waals surface area contributed by atoms with Crippen LogP contribution >= 0.6 is 0 Å². The normalized spacial score (nSPS) is 26.4. The van der Waals surface area contributed by atoms with Crippen LogP contribution in [0.3, 0.4) is 0 Å². The molecule has 3 heteroatoms. The molecule has 1 aromatic rings. The molecule has 94 valence electrons. The first-order valence-electron chi connectivity index (χ1n) is 6.31. The zero-order valence-electron chi connectivity index (χ0n) is 10.7. The van der Waals surface area contributed by atoms with E-state index in [1.54, 1.807) is 0 Å². The van der Waals surface area contributed by atoms with Gasteiger partial charge in [0.25, 0.3) is 0 Å². The molecule has 0 aliphatic carbocycles. The van der Waals surface area contributed by atoms with Gasteiger partial charge in [0, 0.05) is 25.2 Å². The van der Waals surface area contributed by atoms with E-state index in [-0.39, 0.29) is 6.04 Å². The van der Waals surface area contributed by atoms with Crippen LogP contribution in [0.4, 0.5) is 0 Å². The van der Waals surface area contributed by atoms with Crippen molar-refractivity contribution in [2.75, 3.05) is 20.2 Å². The lowest BCUT2D eigenvalue weighted by Gasteiger charge is -2.29. The summed E-state index contributed by atoms with van der Waals surface area (Å²) >= 11 is 0. The van der Waals surface area contributed by atoms with Crippen LogP contribution in [-0.4, -0.2) is 37.2 Å². The molecule has 1 heterocycles. The molecule has 2 N–H and O–H groups in total. The van der Waals surface area contributed by atoms with Gasteiger partial charge in [-0.15, -0.1) is 0 Å². The molecule has 0 spiro atoms. The Morgan fingerprint density at radius 1 is 1.41 bits per heavy atom. The molecule has 1 fully saturated rings. The smallest absolute Gasteiger partial charge is 0.0702 e. The molecular weight excluding hydrogens is 212 g/mol. The number of benzene rings is 1. The quantitative estimate of drug-likeness (QED) is 0.863. The molecular formula is C14H22N2O. The Balaban J connectivity index is 1.92. The highest BCUT2D eigenvalue weighted by atomic mass is 16.5. The van der Waals surface area contributed by atoms with E-state index in [2.05, 4.69) is 31.0 Å². The number of hydrogen-bond donors (Lipinski definition) is 1. The van der Waals surface area contributed by atoms with Gasteiger partial charge < -0.3 is 10.5 Å². The number of likely N-dealkylation sites (N-methyl/N-ethyl adjacent to an activating group) is 1. The molecule has 1 aliphatic rings. The topological polar surface area (TPSA) is 38.5 Å². The Kier molecular flexibility index (Phi) is 4.15. The highest BCUT2D eigenvalue weighted by Gasteiger charge is 2.28. The zero-order valence-corrected chi connectivity index (χ0v) is 10.7. The van der Waals surface area contributed by atoms with Crippen LogP contribution < -0.4 is 5.73 Å². The van der Waals surface area contributed by atoms with Crippen molar-refractivity contribution in [1.29, 1.82) is 0 Å². The van der Waals surface area contributed by atoms with E-state index >= 15 is 0 Å². The second-order valence-corrected chi connectivity index (χ2v) is 4.89. The third-order valence-corrected chi connectivity index (χ3v) is 3.61. The predicted molar refractivity (Wildman–Crippen MR) is 69.8 cm³/mol. The average Bonchev–Trinajstić information content (AvgIpc) is 2.76. The third-order valence-electron chi connectivity index (χ3n) is 3.61. The van der Waals surface area contributed by atoms with Crippen molar-refractivity contribution < 1.29 is 4.74 Å². The molecule has 1 saturated heterocycles. The number of nitrogens with two attached hydrogens (primary N) is 1. The maximum atomic E-state index is 6.23. The molecule has 17 heavy (non-hydrogen) atoms. The van der Waals surface area contributed by atoms with E-state index in [0.717, 1.165) is 19.6 Å². The van der Waals surface area contributed by atoms with E-state index < -0.39 is 0 Å². The van der Waals surface area contributed by atoms with Crippen LogP contribution in [0.2, 0.25) is 0 Å². The van der Waals surface area contributed by atoms with Crippen LogP contribution in [0.25, 0.3) is 0 Å². The molecule has 3 nitrogen and oxygen atoms in total. The van der Waals surface area contributed by atoms with E-state index in [4.69, 9.17) is 10.5 Å². The standard InChI is InChI=1S/C14H22N2O/c1-11-14(8-9-17-11)16(2)10-13(15)12-6-4-3-5-7-12/h3-7,11,13-14H,8-10,15H2,1-2H3. The summed E-state index contributed by atoms with van der Waals surface area (Å²) in [6.07, 6.45) is 1.43.